The molecule has 0 unspecified atom stereocenters. The highest BCUT2D eigenvalue weighted by molar-refractivity contribution is 7.18. The summed E-state index contributed by atoms with van der Waals surface area (Å²) in [5.74, 6) is 0.582. The van der Waals surface area contributed by atoms with Crippen LogP contribution in [-0.2, 0) is 4.79 Å². The van der Waals surface area contributed by atoms with Crippen LogP contribution in [0.2, 0.25) is 0 Å². The number of carbonyl (C=O) groups excluding carboxylic acids is 2. The lowest BCUT2D eigenvalue weighted by atomic mass is 9.97. The lowest BCUT2D eigenvalue weighted by Gasteiger charge is -2.31. The topological polar surface area (TPSA) is 62.3 Å². The van der Waals surface area contributed by atoms with Crippen LogP contribution in [-0.4, -0.2) is 41.3 Å². The zero-order valence-corrected chi connectivity index (χ0v) is 17.2. The molecule has 7 heteroatoms. The number of benzene rings is 1. The number of hydrogen-bond acceptors (Lipinski definition) is 5. The van der Waals surface area contributed by atoms with Crippen LogP contribution in [0.4, 0.5) is 0 Å². The number of carbonyl (C=O) groups is 2. The van der Waals surface area contributed by atoms with Gasteiger partial charge in [0.05, 0.1) is 20.1 Å². The predicted octanol–water partition coefficient (Wildman–Crippen LogP) is 4.27. The van der Waals surface area contributed by atoms with E-state index in [0.717, 1.165) is 31.4 Å². The number of amides is 2. The molecule has 1 N–H and O–H groups in total. The van der Waals surface area contributed by atoms with Crippen LogP contribution < -0.4 is 5.32 Å². The molecular weight excluding hydrogens is 390 g/mol. The molecule has 5 nitrogen and oxygen atoms in total. The van der Waals surface area contributed by atoms with E-state index in [0.29, 0.717) is 30.2 Å². The summed E-state index contributed by atoms with van der Waals surface area (Å²) in [7, 11) is 0. The molecule has 0 aliphatic carbocycles. The molecule has 2 aromatic heterocycles. The zero-order chi connectivity index (χ0) is 19.3. The number of likely N-dealkylation sites (tertiary alicyclic amines) is 1. The van der Waals surface area contributed by atoms with E-state index in [4.69, 9.17) is 4.98 Å². The fourth-order valence-corrected chi connectivity index (χ4v) is 5.31. The first-order chi connectivity index (χ1) is 13.7. The van der Waals surface area contributed by atoms with E-state index >= 15 is 0 Å². The van der Waals surface area contributed by atoms with Crippen LogP contribution in [0.15, 0.2) is 41.8 Å². The fraction of sp³-hybridized carbons (Fsp3) is 0.381. The van der Waals surface area contributed by atoms with Gasteiger partial charge in [-0.3, -0.25) is 9.59 Å². The van der Waals surface area contributed by atoms with Crippen molar-refractivity contribution in [2.75, 3.05) is 19.6 Å². The third-order valence-electron chi connectivity index (χ3n) is 5.11. The Kier molecular flexibility index (Phi) is 6.02. The highest BCUT2D eigenvalue weighted by atomic mass is 32.1. The predicted molar refractivity (Wildman–Crippen MR) is 114 cm³/mol. The normalized spacial score (nSPS) is 15.1. The van der Waals surface area contributed by atoms with Crippen molar-refractivity contribution in [1.82, 2.24) is 15.2 Å². The van der Waals surface area contributed by atoms with Gasteiger partial charge in [-0.25, -0.2) is 4.98 Å². The summed E-state index contributed by atoms with van der Waals surface area (Å²) >= 11 is 3.20. The minimum Gasteiger partial charge on any atom is -0.351 e. The monoisotopic (exact) mass is 413 g/mol. The van der Waals surface area contributed by atoms with Crippen LogP contribution >= 0.6 is 22.7 Å². The standard InChI is InChI=1S/C21H23N3O2S2/c25-19(8-3-11-22-20(26)18-7-4-14-27-18)24-12-9-15(10-13-24)21-23-16-5-1-2-6-17(16)28-21/h1-2,4-7,14-15H,3,8-13H2,(H,22,26). The number of para-hydroxylation sites is 1. The Morgan fingerprint density at radius 1 is 1.14 bits per heavy atom. The summed E-state index contributed by atoms with van der Waals surface area (Å²) in [6.45, 7) is 2.12. The molecule has 0 atom stereocenters. The number of hydrogen-bond donors (Lipinski definition) is 1. The summed E-state index contributed by atoms with van der Waals surface area (Å²) < 4.78 is 1.24. The molecule has 1 aromatic carbocycles. The van der Waals surface area contributed by atoms with Crippen LogP contribution in [0.1, 0.15) is 46.3 Å². The molecule has 0 radical (unpaired) electrons. The van der Waals surface area contributed by atoms with Gasteiger partial charge in [-0.05, 0) is 42.8 Å². The van der Waals surface area contributed by atoms with Crippen molar-refractivity contribution in [3.63, 3.8) is 0 Å². The Bertz CT molecular complexity index is 911. The third-order valence-corrected chi connectivity index (χ3v) is 7.17. The number of aromatic nitrogens is 1. The van der Waals surface area contributed by atoms with Crippen molar-refractivity contribution in [1.29, 1.82) is 0 Å². The largest absolute Gasteiger partial charge is 0.351 e. The lowest BCUT2D eigenvalue weighted by Crippen LogP contribution is -2.38. The number of fused-ring (bicyclic) bond motifs is 1. The molecule has 1 aliphatic heterocycles. The van der Waals surface area contributed by atoms with Gasteiger partial charge in [0.15, 0.2) is 0 Å². The molecule has 1 aliphatic rings. The van der Waals surface area contributed by atoms with Gasteiger partial charge in [-0.15, -0.1) is 22.7 Å². The second kappa shape index (κ2) is 8.84. The quantitative estimate of drug-likeness (QED) is 0.614. The summed E-state index contributed by atoms with van der Waals surface area (Å²) in [4.78, 5) is 31.8. The van der Waals surface area contributed by atoms with Crippen LogP contribution in [0.3, 0.4) is 0 Å². The van der Waals surface area contributed by atoms with E-state index in [2.05, 4.69) is 23.5 Å². The Labute approximate surface area is 172 Å². The van der Waals surface area contributed by atoms with E-state index in [9.17, 15) is 9.59 Å². The summed E-state index contributed by atoms with van der Waals surface area (Å²) in [5, 5.41) is 5.96. The van der Waals surface area contributed by atoms with Crippen LogP contribution in [0, 0.1) is 0 Å². The molecule has 28 heavy (non-hydrogen) atoms. The number of nitrogens with zero attached hydrogens (tertiary/aromatic N) is 2. The first-order valence-corrected chi connectivity index (χ1v) is 11.4. The average Bonchev–Trinajstić information content (AvgIpc) is 3.41. The van der Waals surface area contributed by atoms with Crippen molar-refractivity contribution in [2.24, 2.45) is 0 Å². The Balaban J connectivity index is 1.20. The number of rotatable bonds is 6. The molecule has 0 bridgehead atoms. The highest BCUT2D eigenvalue weighted by Crippen LogP contribution is 2.33. The molecule has 146 valence electrons. The van der Waals surface area contributed by atoms with Crippen molar-refractivity contribution in [3.05, 3.63) is 51.7 Å². The first kappa shape index (κ1) is 19.1. The van der Waals surface area contributed by atoms with Crippen molar-refractivity contribution in [3.8, 4) is 0 Å². The van der Waals surface area contributed by atoms with Crippen LogP contribution in [0.5, 0.6) is 0 Å². The first-order valence-electron chi connectivity index (χ1n) is 9.65. The number of thiazole rings is 1. The second-order valence-corrected chi connectivity index (χ2v) is 9.02. The van der Waals surface area contributed by atoms with E-state index in [1.165, 1.54) is 21.0 Å². The summed E-state index contributed by atoms with van der Waals surface area (Å²) in [6, 6.07) is 11.9. The van der Waals surface area contributed by atoms with E-state index in [-0.39, 0.29) is 11.8 Å². The molecule has 0 saturated carbocycles. The SMILES string of the molecule is O=C(NCCCC(=O)N1CCC(c2nc3ccccc3s2)CC1)c1cccs1. The maximum absolute atomic E-state index is 12.5. The van der Waals surface area contributed by atoms with Crippen LogP contribution in [0.25, 0.3) is 10.2 Å². The van der Waals surface area contributed by atoms with E-state index in [1.54, 1.807) is 17.4 Å². The molecular formula is C21H23N3O2S2. The Morgan fingerprint density at radius 2 is 1.96 bits per heavy atom. The van der Waals surface area contributed by atoms with Crippen molar-refractivity contribution >= 4 is 44.7 Å². The fourth-order valence-electron chi connectivity index (χ4n) is 3.54. The third kappa shape index (κ3) is 4.42. The molecule has 4 rings (SSSR count). The molecule has 2 amide bonds. The van der Waals surface area contributed by atoms with Gasteiger partial charge in [0, 0.05) is 32.0 Å². The van der Waals surface area contributed by atoms with E-state index < -0.39 is 0 Å². The van der Waals surface area contributed by atoms with Gasteiger partial charge >= 0.3 is 0 Å². The Hall–Kier alpha value is -2.25. The molecule has 3 heterocycles. The zero-order valence-electron chi connectivity index (χ0n) is 15.6. The van der Waals surface area contributed by atoms with Gasteiger partial charge in [0.25, 0.3) is 5.91 Å². The second-order valence-electron chi connectivity index (χ2n) is 7.01. The number of nitrogens with one attached hydrogen (secondary N) is 1. The van der Waals surface area contributed by atoms with Gasteiger partial charge in [-0.1, -0.05) is 18.2 Å². The Morgan fingerprint density at radius 3 is 2.71 bits per heavy atom. The smallest absolute Gasteiger partial charge is 0.261 e. The molecule has 1 fully saturated rings. The van der Waals surface area contributed by atoms with E-state index in [1.807, 2.05) is 22.4 Å². The van der Waals surface area contributed by atoms with Gasteiger partial charge in [-0.2, -0.15) is 0 Å². The highest BCUT2D eigenvalue weighted by Gasteiger charge is 2.25. The maximum atomic E-state index is 12.5. The van der Waals surface area contributed by atoms with Crippen molar-refractivity contribution < 1.29 is 9.59 Å². The number of piperidine rings is 1. The average molecular weight is 414 g/mol. The lowest BCUT2D eigenvalue weighted by molar-refractivity contribution is -0.132. The summed E-state index contributed by atoms with van der Waals surface area (Å²) in [5.41, 5.74) is 1.07. The summed E-state index contributed by atoms with van der Waals surface area (Å²) in [6.07, 6.45) is 3.10. The van der Waals surface area contributed by atoms with Gasteiger partial charge in [0.2, 0.25) is 5.91 Å². The van der Waals surface area contributed by atoms with Gasteiger partial charge in [0.1, 0.15) is 0 Å². The molecule has 3 aromatic rings. The molecule has 1 saturated heterocycles. The number of thiophene rings is 1. The van der Waals surface area contributed by atoms with Crippen molar-refractivity contribution in [2.45, 2.75) is 31.6 Å². The van der Waals surface area contributed by atoms with Gasteiger partial charge < -0.3 is 10.2 Å². The maximum Gasteiger partial charge on any atom is 0.261 e. The molecule has 0 spiro atoms. The minimum atomic E-state index is -0.0564. The minimum absolute atomic E-state index is 0.0564.